The van der Waals surface area contributed by atoms with Crippen LogP contribution in [0.1, 0.15) is 40.0 Å². The Morgan fingerprint density at radius 1 is 1.38 bits per heavy atom. The summed E-state index contributed by atoms with van der Waals surface area (Å²) in [6.45, 7) is 6.77. The van der Waals surface area contributed by atoms with Crippen molar-refractivity contribution >= 4 is 0 Å². The van der Waals surface area contributed by atoms with Gasteiger partial charge in [-0.05, 0) is 40.0 Å². The summed E-state index contributed by atoms with van der Waals surface area (Å²) in [6, 6.07) is 0. The first-order valence-electron chi connectivity index (χ1n) is 4.99. The number of hydrogen-bond donors (Lipinski definition) is 2. The molecule has 13 heavy (non-hydrogen) atoms. The highest BCUT2D eigenvalue weighted by atomic mass is 16.5. The third kappa shape index (κ3) is 8.22. The fourth-order valence-corrected chi connectivity index (χ4v) is 1.03. The molecule has 3 heteroatoms. The first kappa shape index (κ1) is 12.9. The minimum absolute atomic E-state index is 0.0536. The second-order valence-electron chi connectivity index (χ2n) is 4.19. The molecule has 0 aliphatic rings. The van der Waals surface area contributed by atoms with Crippen LogP contribution in [-0.2, 0) is 4.74 Å². The van der Waals surface area contributed by atoms with E-state index in [1.165, 1.54) is 0 Å². The second-order valence-corrected chi connectivity index (χ2v) is 4.19. The fraction of sp³-hybridized carbons (Fsp3) is 1.00. The Hall–Kier alpha value is -0.120. The van der Waals surface area contributed by atoms with E-state index in [1.807, 2.05) is 20.8 Å². The number of aliphatic hydroxyl groups is 1. The Morgan fingerprint density at radius 3 is 2.46 bits per heavy atom. The molecule has 0 aromatic heterocycles. The lowest BCUT2D eigenvalue weighted by molar-refractivity contribution is 0.0740. The predicted octanol–water partition coefficient (Wildman–Crippen LogP) is 1.29. The molecule has 0 saturated carbocycles. The highest BCUT2D eigenvalue weighted by molar-refractivity contribution is 4.76. The van der Waals surface area contributed by atoms with E-state index in [9.17, 15) is 0 Å². The zero-order chi connectivity index (χ0) is 10.3. The monoisotopic (exact) mass is 189 g/mol. The fourth-order valence-electron chi connectivity index (χ4n) is 1.03. The van der Waals surface area contributed by atoms with E-state index in [0.717, 1.165) is 25.9 Å². The van der Waals surface area contributed by atoms with Gasteiger partial charge in [-0.15, -0.1) is 0 Å². The molecular formula is C10H23NO2. The summed E-state index contributed by atoms with van der Waals surface area (Å²) in [6.07, 6.45) is 3.19. The van der Waals surface area contributed by atoms with Crippen molar-refractivity contribution in [3.8, 4) is 0 Å². The van der Waals surface area contributed by atoms with E-state index in [4.69, 9.17) is 15.6 Å². The van der Waals surface area contributed by atoms with Crippen molar-refractivity contribution < 1.29 is 9.84 Å². The number of unbranched alkanes of at least 4 members (excludes halogenated alkanes) is 1. The lowest BCUT2D eigenvalue weighted by Crippen LogP contribution is -2.39. The Labute approximate surface area is 81.3 Å². The molecule has 80 valence electrons. The third-order valence-corrected chi connectivity index (χ3v) is 1.95. The molecule has 0 aliphatic heterocycles. The van der Waals surface area contributed by atoms with Crippen LogP contribution in [0, 0.1) is 0 Å². The Morgan fingerprint density at radius 2 is 2.00 bits per heavy atom. The number of aliphatic hydroxyl groups excluding tert-OH is 1. The van der Waals surface area contributed by atoms with E-state index < -0.39 is 5.54 Å². The Kier molecular flexibility index (Phi) is 6.29. The SMILES string of the molecule is CC(C)OCCCCC(C)(N)CO. The zero-order valence-corrected chi connectivity index (χ0v) is 9.05. The summed E-state index contributed by atoms with van der Waals surface area (Å²) in [5, 5.41) is 8.88. The standard InChI is InChI=1S/C10H23NO2/c1-9(2)13-7-5-4-6-10(3,11)8-12/h9,12H,4-8,11H2,1-3H3. The maximum absolute atomic E-state index is 8.88. The molecule has 0 heterocycles. The normalized spacial score (nSPS) is 16.2. The number of ether oxygens (including phenoxy) is 1. The average Bonchev–Trinajstić information content (AvgIpc) is 2.03. The molecule has 0 fully saturated rings. The molecule has 3 nitrogen and oxygen atoms in total. The number of rotatable bonds is 7. The summed E-state index contributed by atoms with van der Waals surface area (Å²) >= 11 is 0. The van der Waals surface area contributed by atoms with Crippen LogP contribution < -0.4 is 5.73 Å². The Balaban J connectivity index is 3.26. The molecule has 0 spiro atoms. The van der Waals surface area contributed by atoms with Crippen molar-refractivity contribution in [1.82, 2.24) is 0 Å². The Bertz CT molecular complexity index is 124. The number of hydrogen-bond acceptors (Lipinski definition) is 3. The summed E-state index contributed by atoms with van der Waals surface area (Å²) in [7, 11) is 0. The molecule has 1 unspecified atom stereocenters. The van der Waals surface area contributed by atoms with Crippen molar-refractivity contribution in [2.24, 2.45) is 5.73 Å². The van der Waals surface area contributed by atoms with E-state index in [0.29, 0.717) is 6.10 Å². The van der Waals surface area contributed by atoms with Gasteiger partial charge in [0, 0.05) is 12.1 Å². The van der Waals surface area contributed by atoms with Gasteiger partial charge in [-0.3, -0.25) is 0 Å². The molecule has 0 radical (unpaired) electrons. The predicted molar refractivity (Wildman–Crippen MR) is 54.6 cm³/mol. The number of nitrogens with two attached hydrogens (primary N) is 1. The van der Waals surface area contributed by atoms with Crippen LogP contribution in [0.15, 0.2) is 0 Å². The first-order chi connectivity index (χ1) is 5.98. The third-order valence-electron chi connectivity index (χ3n) is 1.95. The minimum Gasteiger partial charge on any atom is -0.394 e. The van der Waals surface area contributed by atoms with E-state index in [1.54, 1.807) is 0 Å². The quantitative estimate of drug-likeness (QED) is 0.593. The van der Waals surface area contributed by atoms with Crippen LogP contribution in [0.4, 0.5) is 0 Å². The smallest absolute Gasteiger partial charge is 0.0608 e. The highest BCUT2D eigenvalue weighted by Gasteiger charge is 2.15. The van der Waals surface area contributed by atoms with Crippen LogP contribution >= 0.6 is 0 Å². The van der Waals surface area contributed by atoms with Gasteiger partial charge in [-0.25, -0.2) is 0 Å². The molecule has 0 bridgehead atoms. The van der Waals surface area contributed by atoms with Crippen molar-refractivity contribution in [1.29, 1.82) is 0 Å². The van der Waals surface area contributed by atoms with Crippen LogP contribution in [0.2, 0.25) is 0 Å². The second kappa shape index (κ2) is 6.35. The van der Waals surface area contributed by atoms with Crippen LogP contribution in [0.25, 0.3) is 0 Å². The molecule has 0 amide bonds. The van der Waals surface area contributed by atoms with Crippen molar-refractivity contribution in [2.75, 3.05) is 13.2 Å². The lowest BCUT2D eigenvalue weighted by Gasteiger charge is -2.21. The van der Waals surface area contributed by atoms with Gasteiger partial charge in [-0.2, -0.15) is 0 Å². The highest BCUT2D eigenvalue weighted by Crippen LogP contribution is 2.09. The largest absolute Gasteiger partial charge is 0.394 e. The summed E-state index contributed by atoms with van der Waals surface area (Å²) < 4.78 is 5.39. The van der Waals surface area contributed by atoms with Crippen LogP contribution in [0.5, 0.6) is 0 Å². The van der Waals surface area contributed by atoms with Crippen LogP contribution in [0.3, 0.4) is 0 Å². The topological polar surface area (TPSA) is 55.5 Å². The molecule has 0 aliphatic carbocycles. The summed E-state index contributed by atoms with van der Waals surface area (Å²) in [5.74, 6) is 0. The zero-order valence-electron chi connectivity index (χ0n) is 9.05. The molecule has 0 aromatic rings. The van der Waals surface area contributed by atoms with Gasteiger partial charge in [-0.1, -0.05) is 0 Å². The maximum Gasteiger partial charge on any atom is 0.0608 e. The average molecular weight is 189 g/mol. The molecular weight excluding hydrogens is 166 g/mol. The maximum atomic E-state index is 8.88. The van der Waals surface area contributed by atoms with Crippen molar-refractivity contribution in [2.45, 2.75) is 51.7 Å². The summed E-state index contributed by atoms with van der Waals surface area (Å²) in [4.78, 5) is 0. The minimum atomic E-state index is -0.419. The lowest BCUT2D eigenvalue weighted by atomic mass is 9.97. The molecule has 0 saturated heterocycles. The molecule has 1 atom stereocenters. The van der Waals surface area contributed by atoms with Gasteiger partial charge in [0.1, 0.15) is 0 Å². The molecule has 3 N–H and O–H groups in total. The van der Waals surface area contributed by atoms with E-state index >= 15 is 0 Å². The van der Waals surface area contributed by atoms with Gasteiger partial charge in [0.2, 0.25) is 0 Å². The van der Waals surface area contributed by atoms with Gasteiger partial charge in [0.15, 0.2) is 0 Å². The van der Waals surface area contributed by atoms with Crippen molar-refractivity contribution in [3.05, 3.63) is 0 Å². The summed E-state index contributed by atoms with van der Waals surface area (Å²) in [5.41, 5.74) is 5.35. The first-order valence-corrected chi connectivity index (χ1v) is 4.99. The van der Waals surface area contributed by atoms with Crippen molar-refractivity contribution in [3.63, 3.8) is 0 Å². The molecule has 0 aromatic carbocycles. The molecule has 0 rings (SSSR count). The van der Waals surface area contributed by atoms with E-state index in [-0.39, 0.29) is 6.61 Å². The van der Waals surface area contributed by atoms with Gasteiger partial charge < -0.3 is 15.6 Å². The van der Waals surface area contributed by atoms with E-state index in [2.05, 4.69) is 0 Å². The van der Waals surface area contributed by atoms with Gasteiger partial charge in [0.05, 0.1) is 12.7 Å². The van der Waals surface area contributed by atoms with Gasteiger partial charge >= 0.3 is 0 Å². The van der Waals surface area contributed by atoms with Crippen LogP contribution in [-0.4, -0.2) is 30.0 Å². The van der Waals surface area contributed by atoms with Gasteiger partial charge in [0.25, 0.3) is 0 Å².